The quantitative estimate of drug-likeness (QED) is 0.748. The summed E-state index contributed by atoms with van der Waals surface area (Å²) in [7, 11) is 0. The molecule has 0 saturated carbocycles. The Labute approximate surface area is 106 Å². The van der Waals surface area contributed by atoms with E-state index >= 15 is 0 Å². The second kappa shape index (κ2) is 5.51. The monoisotopic (exact) mass is 237 g/mol. The maximum absolute atomic E-state index is 12.6. The van der Waals surface area contributed by atoms with Crippen molar-refractivity contribution in [1.82, 2.24) is 4.90 Å². The standard InChI is InChI=1S/C15H27NO/c1-4-8-13-11(5-2)15(17)12(6-3)14-9-7-10-16(13)14/h11-14H,4-10H2,1-3H3/t11-,12-,13+,14-/m1/s1. The molecule has 2 fully saturated rings. The van der Waals surface area contributed by atoms with Gasteiger partial charge >= 0.3 is 0 Å². The van der Waals surface area contributed by atoms with Crippen molar-refractivity contribution in [2.24, 2.45) is 11.8 Å². The van der Waals surface area contributed by atoms with Gasteiger partial charge in [0.1, 0.15) is 5.78 Å². The fraction of sp³-hybridized carbons (Fsp3) is 0.933. The smallest absolute Gasteiger partial charge is 0.142 e. The first-order valence-corrected chi connectivity index (χ1v) is 7.54. The molecular weight excluding hydrogens is 210 g/mol. The third-order valence-corrected chi connectivity index (χ3v) is 4.89. The first-order chi connectivity index (χ1) is 8.24. The van der Waals surface area contributed by atoms with E-state index in [0.717, 1.165) is 12.8 Å². The van der Waals surface area contributed by atoms with Crippen LogP contribution in [-0.2, 0) is 4.79 Å². The Morgan fingerprint density at radius 2 is 1.88 bits per heavy atom. The van der Waals surface area contributed by atoms with Gasteiger partial charge in [-0.3, -0.25) is 9.69 Å². The Bertz CT molecular complexity index is 276. The average molecular weight is 237 g/mol. The van der Waals surface area contributed by atoms with Gasteiger partial charge in [-0.05, 0) is 38.6 Å². The number of Topliss-reactive ketones (excluding diaryl/α,β-unsaturated/α-hetero) is 1. The number of piperidine rings is 1. The number of fused-ring (bicyclic) bond motifs is 1. The van der Waals surface area contributed by atoms with Crippen molar-refractivity contribution >= 4 is 5.78 Å². The molecule has 2 nitrogen and oxygen atoms in total. The van der Waals surface area contributed by atoms with Gasteiger partial charge in [0.2, 0.25) is 0 Å². The second-order valence-electron chi connectivity index (χ2n) is 5.74. The van der Waals surface area contributed by atoms with Gasteiger partial charge in [0.15, 0.2) is 0 Å². The van der Waals surface area contributed by atoms with Crippen LogP contribution in [0.15, 0.2) is 0 Å². The molecule has 0 aromatic rings. The Morgan fingerprint density at radius 1 is 1.18 bits per heavy atom. The first kappa shape index (κ1) is 13.1. The van der Waals surface area contributed by atoms with Crippen molar-refractivity contribution < 1.29 is 4.79 Å². The number of hydrogen-bond donors (Lipinski definition) is 0. The lowest BCUT2D eigenvalue weighted by atomic mass is 9.74. The lowest BCUT2D eigenvalue weighted by Gasteiger charge is -2.46. The van der Waals surface area contributed by atoms with Gasteiger partial charge in [0.25, 0.3) is 0 Å². The van der Waals surface area contributed by atoms with E-state index in [-0.39, 0.29) is 0 Å². The molecule has 2 aliphatic rings. The summed E-state index contributed by atoms with van der Waals surface area (Å²) in [6.07, 6.45) is 7.02. The van der Waals surface area contributed by atoms with Gasteiger partial charge in [-0.15, -0.1) is 0 Å². The van der Waals surface area contributed by atoms with Crippen LogP contribution in [0.1, 0.15) is 59.3 Å². The third kappa shape index (κ3) is 2.16. The molecule has 2 heteroatoms. The highest BCUT2D eigenvalue weighted by Crippen LogP contribution is 2.40. The van der Waals surface area contributed by atoms with Gasteiger partial charge in [-0.1, -0.05) is 27.2 Å². The van der Waals surface area contributed by atoms with Crippen LogP contribution in [0.4, 0.5) is 0 Å². The molecule has 2 aliphatic heterocycles. The maximum Gasteiger partial charge on any atom is 0.142 e. The van der Waals surface area contributed by atoms with Crippen molar-refractivity contribution in [2.75, 3.05) is 6.54 Å². The summed E-state index contributed by atoms with van der Waals surface area (Å²) in [5, 5.41) is 0. The summed E-state index contributed by atoms with van der Waals surface area (Å²) < 4.78 is 0. The first-order valence-electron chi connectivity index (χ1n) is 7.54. The van der Waals surface area contributed by atoms with E-state index in [1.54, 1.807) is 0 Å². The van der Waals surface area contributed by atoms with Crippen molar-refractivity contribution in [3.63, 3.8) is 0 Å². The Balaban J connectivity index is 2.23. The maximum atomic E-state index is 12.6. The number of rotatable bonds is 4. The van der Waals surface area contributed by atoms with Crippen molar-refractivity contribution in [2.45, 2.75) is 71.4 Å². The molecule has 0 bridgehead atoms. The molecule has 0 N–H and O–H groups in total. The SMILES string of the molecule is CCC[C@H]1[C@@H](CC)C(=O)[C@H](CC)[C@H]2CCCN21. The summed E-state index contributed by atoms with van der Waals surface area (Å²) in [5.41, 5.74) is 0. The average Bonchev–Trinajstić information content (AvgIpc) is 2.79. The molecule has 2 rings (SSSR count). The van der Waals surface area contributed by atoms with E-state index in [1.807, 2.05) is 0 Å². The normalized spacial score (nSPS) is 38.4. The largest absolute Gasteiger partial charge is 0.299 e. The predicted octanol–water partition coefficient (Wildman–Crippen LogP) is 3.25. The molecule has 0 unspecified atom stereocenters. The fourth-order valence-corrected chi connectivity index (χ4v) is 4.15. The highest BCUT2D eigenvalue weighted by atomic mass is 16.1. The molecule has 17 heavy (non-hydrogen) atoms. The number of carbonyl (C=O) groups excluding carboxylic acids is 1. The van der Waals surface area contributed by atoms with E-state index in [4.69, 9.17) is 0 Å². The Kier molecular flexibility index (Phi) is 4.24. The van der Waals surface area contributed by atoms with E-state index in [2.05, 4.69) is 25.7 Å². The van der Waals surface area contributed by atoms with Crippen LogP contribution in [-0.4, -0.2) is 29.3 Å². The lowest BCUT2D eigenvalue weighted by Crippen LogP contribution is -2.56. The lowest BCUT2D eigenvalue weighted by molar-refractivity contribution is -0.138. The molecule has 0 aromatic carbocycles. The minimum atomic E-state index is 0.314. The summed E-state index contributed by atoms with van der Waals surface area (Å²) in [6.45, 7) is 7.85. The van der Waals surface area contributed by atoms with Crippen LogP contribution < -0.4 is 0 Å². The van der Waals surface area contributed by atoms with Crippen LogP contribution >= 0.6 is 0 Å². The summed E-state index contributed by atoms with van der Waals surface area (Å²) in [4.78, 5) is 15.3. The Hall–Kier alpha value is -0.370. The molecule has 0 amide bonds. The third-order valence-electron chi connectivity index (χ3n) is 4.89. The van der Waals surface area contributed by atoms with Gasteiger partial charge in [-0.25, -0.2) is 0 Å². The Morgan fingerprint density at radius 3 is 2.47 bits per heavy atom. The van der Waals surface area contributed by atoms with Crippen molar-refractivity contribution in [3.8, 4) is 0 Å². The zero-order valence-corrected chi connectivity index (χ0v) is 11.6. The molecule has 4 atom stereocenters. The van der Waals surface area contributed by atoms with Crippen molar-refractivity contribution in [3.05, 3.63) is 0 Å². The molecular formula is C15H27NO. The van der Waals surface area contributed by atoms with Gasteiger partial charge < -0.3 is 0 Å². The summed E-state index contributed by atoms with van der Waals surface area (Å²) in [5.74, 6) is 1.22. The number of ketones is 1. The van der Waals surface area contributed by atoms with Crippen LogP contribution in [0.5, 0.6) is 0 Å². The zero-order chi connectivity index (χ0) is 12.4. The van der Waals surface area contributed by atoms with Crippen LogP contribution in [0.25, 0.3) is 0 Å². The van der Waals surface area contributed by atoms with Gasteiger partial charge in [0.05, 0.1) is 0 Å². The van der Waals surface area contributed by atoms with E-state index < -0.39 is 0 Å². The van der Waals surface area contributed by atoms with Gasteiger partial charge in [-0.2, -0.15) is 0 Å². The predicted molar refractivity (Wildman–Crippen MR) is 71.0 cm³/mol. The highest BCUT2D eigenvalue weighted by Gasteiger charge is 2.47. The molecule has 0 radical (unpaired) electrons. The molecule has 0 aromatic heterocycles. The minimum Gasteiger partial charge on any atom is -0.299 e. The second-order valence-corrected chi connectivity index (χ2v) is 5.74. The fourth-order valence-electron chi connectivity index (χ4n) is 4.15. The number of nitrogens with zero attached hydrogens (tertiary/aromatic N) is 1. The minimum absolute atomic E-state index is 0.314. The topological polar surface area (TPSA) is 20.3 Å². The van der Waals surface area contributed by atoms with E-state index in [1.165, 1.54) is 32.2 Å². The molecule has 2 saturated heterocycles. The zero-order valence-electron chi connectivity index (χ0n) is 11.6. The summed E-state index contributed by atoms with van der Waals surface area (Å²) >= 11 is 0. The molecule has 98 valence electrons. The van der Waals surface area contributed by atoms with E-state index in [9.17, 15) is 4.79 Å². The molecule has 0 spiro atoms. The molecule has 0 aliphatic carbocycles. The van der Waals surface area contributed by atoms with Crippen molar-refractivity contribution in [1.29, 1.82) is 0 Å². The van der Waals surface area contributed by atoms with Crippen LogP contribution in [0, 0.1) is 11.8 Å². The van der Waals surface area contributed by atoms with Crippen LogP contribution in [0.2, 0.25) is 0 Å². The summed E-state index contributed by atoms with van der Waals surface area (Å²) in [6, 6.07) is 1.12. The molecule has 2 heterocycles. The number of hydrogen-bond acceptors (Lipinski definition) is 2. The van der Waals surface area contributed by atoms with Crippen LogP contribution in [0.3, 0.4) is 0 Å². The number of carbonyl (C=O) groups is 1. The van der Waals surface area contributed by atoms with E-state index in [0.29, 0.717) is 29.7 Å². The highest BCUT2D eigenvalue weighted by molar-refractivity contribution is 5.85. The van der Waals surface area contributed by atoms with Gasteiger partial charge in [0, 0.05) is 23.9 Å².